The van der Waals surface area contributed by atoms with Gasteiger partial charge in [-0.1, -0.05) is 29.8 Å². The Bertz CT molecular complexity index is 867. The number of ether oxygens (including phenoxy) is 1. The number of carbonyl (C=O) groups is 2. The number of nitrogens with zero attached hydrogens (tertiary/aromatic N) is 2. The van der Waals surface area contributed by atoms with Gasteiger partial charge < -0.3 is 9.64 Å². The lowest BCUT2D eigenvalue weighted by atomic mass is 10.1. The van der Waals surface area contributed by atoms with Crippen molar-refractivity contribution in [3.8, 4) is 0 Å². The summed E-state index contributed by atoms with van der Waals surface area (Å²) >= 11 is 0. The van der Waals surface area contributed by atoms with Gasteiger partial charge in [-0.2, -0.15) is 0 Å². The summed E-state index contributed by atoms with van der Waals surface area (Å²) in [5, 5.41) is 0. The minimum Gasteiger partial charge on any atom is -0.461 e. The molecule has 25 heavy (non-hydrogen) atoms. The molecule has 1 aliphatic heterocycles. The summed E-state index contributed by atoms with van der Waals surface area (Å²) in [5.74, 6) is -0.502. The second-order valence-corrected chi connectivity index (χ2v) is 6.02. The van der Waals surface area contributed by atoms with Gasteiger partial charge in [0.15, 0.2) is 0 Å². The number of fused-ring (bicyclic) bond motifs is 1. The molecule has 1 aromatic heterocycles. The quantitative estimate of drug-likeness (QED) is 0.800. The first-order chi connectivity index (χ1) is 12.0. The molecule has 0 saturated carbocycles. The van der Waals surface area contributed by atoms with Gasteiger partial charge in [0, 0.05) is 11.1 Å². The van der Waals surface area contributed by atoms with Crippen LogP contribution in [0.15, 0.2) is 48.0 Å². The zero-order valence-electron chi connectivity index (χ0n) is 14.6. The van der Waals surface area contributed by atoms with E-state index in [0.29, 0.717) is 24.4 Å². The molecule has 0 atom stereocenters. The van der Waals surface area contributed by atoms with Crippen LogP contribution in [0.3, 0.4) is 0 Å². The highest BCUT2D eigenvalue weighted by Gasteiger charge is 2.32. The van der Waals surface area contributed by atoms with E-state index in [2.05, 4.69) is 4.98 Å². The van der Waals surface area contributed by atoms with E-state index in [1.807, 2.05) is 44.2 Å². The summed E-state index contributed by atoms with van der Waals surface area (Å²) in [7, 11) is 0. The molecule has 2 heterocycles. The first-order valence-corrected chi connectivity index (χ1v) is 8.24. The van der Waals surface area contributed by atoms with E-state index in [1.54, 1.807) is 24.0 Å². The summed E-state index contributed by atoms with van der Waals surface area (Å²) in [6.45, 7) is 6.33. The first kappa shape index (κ1) is 16.9. The van der Waals surface area contributed by atoms with Crippen LogP contribution in [0.1, 0.15) is 52.9 Å². The second kappa shape index (κ2) is 6.89. The number of benzene rings is 1. The van der Waals surface area contributed by atoms with Crippen molar-refractivity contribution in [3.05, 3.63) is 70.6 Å². The van der Waals surface area contributed by atoms with Crippen LogP contribution in [-0.2, 0) is 11.3 Å². The highest BCUT2D eigenvalue weighted by atomic mass is 16.5. The predicted octanol–water partition coefficient (Wildman–Crippen LogP) is 3.67. The fourth-order valence-corrected chi connectivity index (χ4v) is 3.01. The van der Waals surface area contributed by atoms with Gasteiger partial charge in [-0.05, 0) is 39.0 Å². The number of rotatable bonds is 4. The SMILES string of the molecule is CCOC(=O)c1cccc(CN2C(=O)c3ccccc3C2=C(C)C)n1. The molecule has 0 unspecified atom stereocenters. The van der Waals surface area contributed by atoms with Crippen LogP contribution in [-0.4, -0.2) is 28.4 Å². The highest BCUT2D eigenvalue weighted by molar-refractivity contribution is 6.09. The van der Waals surface area contributed by atoms with Gasteiger partial charge in [0.2, 0.25) is 0 Å². The predicted molar refractivity (Wildman–Crippen MR) is 94.8 cm³/mol. The lowest BCUT2D eigenvalue weighted by Crippen LogP contribution is -2.24. The van der Waals surface area contributed by atoms with Crippen molar-refractivity contribution in [1.29, 1.82) is 0 Å². The Morgan fingerprint density at radius 1 is 1.08 bits per heavy atom. The van der Waals surface area contributed by atoms with Gasteiger partial charge in [-0.25, -0.2) is 9.78 Å². The molecule has 5 nitrogen and oxygen atoms in total. The number of aromatic nitrogens is 1. The minimum absolute atomic E-state index is 0.0462. The zero-order valence-corrected chi connectivity index (χ0v) is 14.6. The molecular formula is C20H20N2O3. The number of amides is 1. The molecule has 128 valence electrons. The molecule has 1 aromatic carbocycles. The van der Waals surface area contributed by atoms with Crippen molar-refractivity contribution in [2.24, 2.45) is 0 Å². The van der Waals surface area contributed by atoms with E-state index in [9.17, 15) is 9.59 Å². The van der Waals surface area contributed by atoms with E-state index in [4.69, 9.17) is 4.74 Å². The van der Waals surface area contributed by atoms with Crippen LogP contribution in [0.2, 0.25) is 0 Å². The molecule has 0 bridgehead atoms. The van der Waals surface area contributed by atoms with Gasteiger partial charge in [-0.3, -0.25) is 4.79 Å². The van der Waals surface area contributed by atoms with Crippen molar-refractivity contribution < 1.29 is 14.3 Å². The van der Waals surface area contributed by atoms with Crippen LogP contribution in [0.25, 0.3) is 5.70 Å². The Labute approximate surface area is 146 Å². The summed E-state index contributed by atoms with van der Waals surface area (Å²) in [6.07, 6.45) is 0. The largest absolute Gasteiger partial charge is 0.461 e. The highest BCUT2D eigenvalue weighted by Crippen LogP contribution is 2.35. The zero-order chi connectivity index (χ0) is 18.0. The second-order valence-electron chi connectivity index (χ2n) is 6.02. The van der Waals surface area contributed by atoms with Crippen LogP contribution in [0, 0.1) is 0 Å². The minimum atomic E-state index is -0.456. The van der Waals surface area contributed by atoms with Gasteiger partial charge in [0.05, 0.1) is 24.5 Å². The maximum Gasteiger partial charge on any atom is 0.356 e. The van der Waals surface area contributed by atoms with Gasteiger partial charge in [-0.15, -0.1) is 0 Å². The molecule has 1 amide bonds. The number of allylic oxidation sites excluding steroid dienone is 1. The number of hydrogen-bond donors (Lipinski definition) is 0. The monoisotopic (exact) mass is 336 g/mol. The Morgan fingerprint density at radius 2 is 1.80 bits per heavy atom. The maximum atomic E-state index is 12.8. The van der Waals surface area contributed by atoms with Crippen molar-refractivity contribution in [1.82, 2.24) is 9.88 Å². The van der Waals surface area contributed by atoms with Crippen LogP contribution >= 0.6 is 0 Å². The molecule has 0 N–H and O–H groups in total. The average molecular weight is 336 g/mol. The Kier molecular flexibility index (Phi) is 4.65. The van der Waals surface area contributed by atoms with Gasteiger partial charge >= 0.3 is 5.97 Å². The third kappa shape index (κ3) is 3.18. The Hall–Kier alpha value is -2.95. The first-order valence-electron chi connectivity index (χ1n) is 8.24. The topological polar surface area (TPSA) is 59.5 Å². The molecule has 0 radical (unpaired) electrons. The van der Waals surface area contributed by atoms with Crippen molar-refractivity contribution in [2.75, 3.05) is 6.61 Å². The molecule has 0 fully saturated rings. The molecule has 0 spiro atoms. The Balaban J connectivity index is 1.93. The lowest BCUT2D eigenvalue weighted by molar-refractivity contribution is 0.0519. The molecule has 3 rings (SSSR count). The summed E-state index contributed by atoms with van der Waals surface area (Å²) < 4.78 is 4.99. The lowest BCUT2D eigenvalue weighted by Gasteiger charge is -2.19. The van der Waals surface area contributed by atoms with E-state index < -0.39 is 5.97 Å². The van der Waals surface area contributed by atoms with E-state index in [0.717, 1.165) is 16.8 Å². The molecule has 2 aromatic rings. The van der Waals surface area contributed by atoms with Gasteiger partial charge in [0.1, 0.15) is 5.69 Å². The van der Waals surface area contributed by atoms with E-state index in [-0.39, 0.29) is 11.6 Å². The van der Waals surface area contributed by atoms with Crippen LogP contribution in [0.5, 0.6) is 0 Å². The summed E-state index contributed by atoms with van der Waals surface area (Å²) in [6, 6.07) is 12.8. The van der Waals surface area contributed by atoms with Crippen LogP contribution in [0.4, 0.5) is 0 Å². The summed E-state index contributed by atoms with van der Waals surface area (Å²) in [5.41, 5.74) is 4.49. The average Bonchev–Trinajstić information content (AvgIpc) is 2.88. The third-order valence-electron chi connectivity index (χ3n) is 4.01. The maximum absolute atomic E-state index is 12.8. The fraction of sp³-hybridized carbons (Fsp3) is 0.250. The fourth-order valence-electron chi connectivity index (χ4n) is 3.01. The van der Waals surface area contributed by atoms with E-state index >= 15 is 0 Å². The van der Waals surface area contributed by atoms with Crippen molar-refractivity contribution in [3.63, 3.8) is 0 Å². The number of carbonyl (C=O) groups excluding carboxylic acids is 2. The molecular weight excluding hydrogens is 316 g/mol. The number of pyridine rings is 1. The van der Waals surface area contributed by atoms with Crippen LogP contribution < -0.4 is 0 Å². The van der Waals surface area contributed by atoms with Crippen molar-refractivity contribution >= 4 is 17.6 Å². The number of hydrogen-bond acceptors (Lipinski definition) is 4. The third-order valence-corrected chi connectivity index (χ3v) is 4.01. The van der Waals surface area contributed by atoms with Crippen molar-refractivity contribution in [2.45, 2.75) is 27.3 Å². The molecule has 0 aliphatic carbocycles. The number of esters is 1. The molecule has 0 saturated heterocycles. The standard InChI is InChI=1S/C20H20N2O3/c1-4-25-20(24)17-11-7-8-14(21-17)12-22-18(13(2)3)15-9-5-6-10-16(15)19(22)23/h5-11H,4,12H2,1-3H3. The van der Waals surface area contributed by atoms with E-state index in [1.165, 1.54) is 0 Å². The smallest absolute Gasteiger partial charge is 0.356 e. The Morgan fingerprint density at radius 3 is 2.48 bits per heavy atom. The normalized spacial score (nSPS) is 13.0. The molecule has 1 aliphatic rings. The summed E-state index contributed by atoms with van der Waals surface area (Å²) in [4.78, 5) is 30.8. The van der Waals surface area contributed by atoms with Gasteiger partial charge in [0.25, 0.3) is 5.91 Å². The molecule has 5 heteroatoms.